The van der Waals surface area contributed by atoms with Crippen LogP contribution in [0.2, 0.25) is 38.3 Å². The Morgan fingerprint density at radius 1 is 1.00 bits per heavy atom. The molecule has 0 saturated carbocycles. The van der Waals surface area contributed by atoms with Crippen molar-refractivity contribution in [3.8, 4) is 0 Å². The monoisotopic (exact) mass is 348 g/mol. The maximum atomic E-state index is 6.48. The minimum atomic E-state index is -1.68. The molecule has 1 unspecified atom stereocenters. The second-order valence-corrected chi connectivity index (χ2v) is 18.3. The fraction of sp³-hybridized carbons (Fsp3) is 1.00. The largest absolute Gasteiger partial charge is 0.420 e. The molecule has 1 atom stereocenters. The zero-order valence-electron chi connectivity index (χ0n) is 16.1. The van der Waals surface area contributed by atoms with E-state index in [1.54, 1.807) is 0 Å². The standard InChI is InChI=1S/C16H40N2O2Si2/c1-16(2,3)19-12-14-22(7,20-15-21(4,5)6)13-8-10-18-11-9-17/h18H,8-15,17H2,1-7H3. The molecule has 0 aliphatic heterocycles. The zero-order chi connectivity index (χ0) is 17.3. The van der Waals surface area contributed by atoms with Crippen LogP contribution in [0.3, 0.4) is 0 Å². The molecular formula is C16H40N2O2Si2. The zero-order valence-corrected chi connectivity index (χ0v) is 18.1. The van der Waals surface area contributed by atoms with Gasteiger partial charge in [-0.3, -0.25) is 0 Å². The van der Waals surface area contributed by atoms with Crippen LogP contribution in [0.5, 0.6) is 0 Å². The fourth-order valence-electron chi connectivity index (χ4n) is 2.05. The Kier molecular flexibility index (Phi) is 10.3. The number of nitrogens with one attached hydrogen (secondary N) is 1. The lowest BCUT2D eigenvalue weighted by molar-refractivity contribution is 0.00374. The van der Waals surface area contributed by atoms with Crippen LogP contribution in [0, 0.1) is 0 Å². The highest BCUT2D eigenvalue weighted by molar-refractivity contribution is 6.78. The minimum absolute atomic E-state index is 0.0588. The SMILES string of the molecule is CC(C)(C)OCC[Si](C)(CCCNCCN)OC[Si](C)(C)C. The quantitative estimate of drug-likeness (QED) is 0.420. The fourth-order valence-corrected chi connectivity index (χ4v) is 7.17. The van der Waals surface area contributed by atoms with Gasteiger partial charge in [0, 0.05) is 25.9 Å². The molecule has 0 heterocycles. The van der Waals surface area contributed by atoms with Crippen molar-refractivity contribution < 1.29 is 9.16 Å². The lowest BCUT2D eigenvalue weighted by atomic mass is 10.2. The smallest absolute Gasteiger partial charge is 0.191 e. The first kappa shape index (κ1) is 22.3. The van der Waals surface area contributed by atoms with E-state index >= 15 is 0 Å². The van der Waals surface area contributed by atoms with Gasteiger partial charge in [-0.25, -0.2) is 0 Å². The Labute approximate surface area is 140 Å². The van der Waals surface area contributed by atoms with Gasteiger partial charge in [0.25, 0.3) is 0 Å². The minimum Gasteiger partial charge on any atom is -0.420 e. The molecule has 6 heteroatoms. The van der Waals surface area contributed by atoms with Gasteiger partial charge in [0.05, 0.1) is 13.7 Å². The Bertz CT molecular complexity index is 291. The Balaban J connectivity index is 4.34. The van der Waals surface area contributed by atoms with Crippen molar-refractivity contribution in [3.63, 3.8) is 0 Å². The molecule has 0 rings (SSSR count). The van der Waals surface area contributed by atoms with Crippen LogP contribution < -0.4 is 11.1 Å². The molecule has 22 heavy (non-hydrogen) atoms. The first-order valence-electron chi connectivity index (χ1n) is 8.66. The normalized spacial score (nSPS) is 15.8. The number of rotatable bonds is 12. The summed E-state index contributed by atoms with van der Waals surface area (Å²) >= 11 is 0. The Hall–Kier alpha value is 0.274. The summed E-state index contributed by atoms with van der Waals surface area (Å²) in [5.41, 5.74) is 5.45. The Morgan fingerprint density at radius 3 is 2.14 bits per heavy atom. The van der Waals surface area contributed by atoms with Crippen LogP contribution in [-0.4, -0.2) is 54.5 Å². The van der Waals surface area contributed by atoms with E-state index in [-0.39, 0.29) is 5.60 Å². The predicted octanol–water partition coefficient (Wildman–Crippen LogP) is 3.21. The van der Waals surface area contributed by atoms with Crippen LogP contribution in [0.1, 0.15) is 27.2 Å². The highest BCUT2D eigenvalue weighted by Gasteiger charge is 2.31. The van der Waals surface area contributed by atoms with Crippen molar-refractivity contribution >= 4 is 16.4 Å². The predicted molar refractivity (Wildman–Crippen MR) is 103 cm³/mol. The maximum absolute atomic E-state index is 6.48. The van der Waals surface area contributed by atoms with Crippen molar-refractivity contribution in [1.82, 2.24) is 5.32 Å². The molecule has 0 spiro atoms. The van der Waals surface area contributed by atoms with Gasteiger partial charge in [0.2, 0.25) is 0 Å². The second-order valence-electron chi connectivity index (χ2n) is 8.65. The molecule has 0 aromatic rings. The van der Waals surface area contributed by atoms with Crippen LogP contribution in [0.15, 0.2) is 0 Å². The van der Waals surface area contributed by atoms with E-state index < -0.39 is 16.4 Å². The summed E-state index contributed by atoms with van der Waals surface area (Å²) in [5, 5.41) is 3.38. The summed E-state index contributed by atoms with van der Waals surface area (Å²) in [6.45, 7) is 19.3. The molecule has 134 valence electrons. The van der Waals surface area contributed by atoms with Crippen LogP contribution in [0.25, 0.3) is 0 Å². The summed E-state index contributed by atoms with van der Waals surface area (Å²) in [5.74, 6) is 0. The highest BCUT2D eigenvalue weighted by Crippen LogP contribution is 2.22. The van der Waals surface area contributed by atoms with Crippen molar-refractivity contribution in [3.05, 3.63) is 0 Å². The van der Waals surface area contributed by atoms with Gasteiger partial charge in [0.15, 0.2) is 8.32 Å². The molecule has 0 aromatic heterocycles. The molecule has 3 N–H and O–H groups in total. The van der Waals surface area contributed by atoms with Gasteiger partial charge < -0.3 is 20.2 Å². The number of ether oxygens (including phenoxy) is 1. The molecule has 0 aliphatic rings. The van der Waals surface area contributed by atoms with Crippen molar-refractivity contribution in [2.45, 2.75) is 71.1 Å². The molecule has 0 aliphatic carbocycles. The van der Waals surface area contributed by atoms with Gasteiger partial charge in [0.1, 0.15) is 0 Å². The summed E-state index contributed by atoms with van der Waals surface area (Å²) in [4.78, 5) is 0. The lowest BCUT2D eigenvalue weighted by Crippen LogP contribution is -2.42. The summed E-state index contributed by atoms with van der Waals surface area (Å²) in [6, 6.07) is 2.29. The average Bonchev–Trinajstić information content (AvgIpc) is 2.34. The topological polar surface area (TPSA) is 56.5 Å². The van der Waals surface area contributed by atoms with E-state index in [0.717, 1.165) is 32.0 Å². The summed E-state index contributed by atoms with van der Waals surface area (Å²) in [7, 11) is -2.84. The third kappa shape index (κ3) is 13.9. The van der Waals surface area contributed by atoms with E-state index in [4.69, 9.17) is 14.9 Å². The van der Waals surface area contributed by atoms with E-state index in [2.05, 4.69) is 52.3 Å². The highest BCUT2D eigenvalue weighted by atomic mass is 28.4. The molecule has 4 nitrogen and oxygen atoms in total. The molecule has 0 amide bonds. The van der Waals surface area contributed by atoms with Gasteiger partial charge in [-0.1, -0.05) is 19.6 Å². The Morgan fingerprint density at radius 2 is 1.64 bits per heavy atom. The molecule has 0 radical (unpaired) electrons. The molecule has 0 bridgehead atoms. The maximum Gasteiger partial charge on any atom is 0.191 e. The van der Waals surface area contributed by atoms with E-state index in [9.17, 15) is 0 Å². The molecule has 0 saturated heterocycles. The molecule has 0 aromatic carbocycles. The first-order valence-corrected chi connectivity index (χ1v) is 15.2. The third-order valence-corrected chi connectivity index (χ3v) is 8.21. The van der Waals surface area contributed by atoms with Gasteiger partial charge in [-0.15, -0.1) is 0 Å². The van der Waals surface area contributed by atoms with Gasteiger partial charge in [-0.2, -0.15) is 0 Å². The summed E-state index contributed by atoms with van der Waals surface area (Å²) < 4.78 is 12.4. The van der Waals surface area contributed by atoms with Crippen LogP contribution in [-0.2, 0) is 9.16 Å². The first-order chi connectivity index (χ1) is 9.97. The third-order valence-electron chi connectivity index (χ3n) is 3.40. The lowest BCUT2D eigenvalue weighted by Gasteiger charge is -2.32. The van der Waals surface area contributed by atoms with E-state index in [1.165, 1.54) is 12.5 Å². The van der Waals surface area contributed by atoms with E-state index in [1.807, 2.05) is 0 Å². The van der Waals surface area contributed by atoms with Crippen LogP contribution >= 0.6 is 0 Å². The molecular weight excluding hydrogens is 308 g/mol. The van der Waals surface area contributed by atoms with E-state index in [0.29, 0.717) is 6.54 Å². The van der Waals surface area contributed by atoms with Crippen LogP contribution in [0.4, 0.5) is 0 Å². The number of nitrogens with two attached hydrogens (primary N) is 1. The van der Waals surface area contributed by atoms with Gasteiger partial charge in [-0.05, 0) is 52.4 Å². The molecule has 0 fully saturated rings. The number of hydrogen-bond acceptors (Lipinski definition) is 4. The van der Waals surface area contributed by atoms with Crippen molar-refractivity contribution in [2.24, 2.45) is 5.73 Å². The summed E-state index contributed by atoms with van der Waals surface area (Å²) in [6.07, 6.45) is 2.14. The second kappa shape index (κ2) is 10.2. The van der Waals surface area contributed by atoms with Crippen molar-refractivity contribution in [1.29, 1.82) is 0 Å². The average molecular weight is 349 g/mol. The number of hydrogen-bond donors (Lipinski definition) is 2. The van der Waals surface area contributed by atoms with Crippen molar-refractivity contribution in [2.75, 3.05) is 32.5 Å². The van der Waals surface area contributed by atoms with Gasteiger partial charge >= 0.3 is 0 Å².